The Balaban J connectivity index is 2.09. The van der Waals surface area contributed by atoms with Gasteiger partial charge in [-0.2, -0.15) is 26.3 Å². The van der Waals surface area contributed by atoms with Gasteiger partial charge in [0, 0.05) is 12.6 Å². The summed E-state index contributed by atoms with van der Waals surface area (Å²) in [6.45, 7) is -0.455. The molecule has 1 heterocycles. The van der Waals surface area contributed by atoms with Gasteiger partial charge in [0.1, 0.15) is 5.75 Å². The fraction of sp³-hybridized carbons (Fsp3) is 0.625. The molecule has 0 amide bonds. The van der Waals surface area contributed by atoms with Crippen molar-refractivity contribution in [1.29, 1.82) is 0 Å². The maximum absolute atomic E-state index is 12.9. The average molecular weight is 370 g/mol. The number of halogens is 6. The van der Waals surface area contributed by atoms with Gasteiger partial charge in [-0.15, -0.1) is 0 Å². The van der Waals surface area contributed by atoms with Crippen LogP contribution in [-0.4, -0.2) is 37.1 Å². The summed E-state index contributed by atoms with van der Waals surface area (Å²) in [5, 5.41) is 1.10. The SMILES string of the molecule is COc1ccccc1CC1CCC(C(C(F)(F)F)C(F)(F)F)CN1N. The van der Waals surface area contributed by atoms with Gasteiger partial charge in [-0.1, -0.05) is 18.2 Å². The normalized spacial score (nSPS) is 23.1. The van der Waals surface area contributed by atoms with Crippen LogP contribution in [0, 0.1) is 11.8 Å². The molecule has 1 aliphatic heterocycles. The molecule has 142 valence electrons. The summed E-state index contributed by atoms with van der Waals surface area (Å²) >= 11 is 0. The third kappa shape index (κ3) is 4.78. The first-order valence-electron chi connectivity index (χ1n) is 7.80. The highest BCUT2D eigenvalue weighted by Gasteiger charge is 2.60. The van der Waals surface area contributed by atoms with Crippen LogP contribution in [0.1, 0.15) is 18.4 Å². The third-order valence-electron chi connectivity index (χ3n) is 4.61. The second-order valence-corrected chi connectivity index (χ2v) is 6.26. The van der Waals surface area contributed by atoms with E-state index in [1.54, 1.807) is 24.3 Å². The maximum atomic E-state index is 12.9. The summed E-state index contributed by atoms with van der Waals surface area (Å²) in [4.78, 5) is 0. The molecule has 0 radical (unpaired) electrons. The third-order valence-corrected chi connectivity index (χ3v) is 4.61. The van der Waals surface area contributed by atoms with Gasteiger partial charge in [0.25, 0.3) is 0 Å². The lowest BCUT2D eigenvalue weighted by molar-refractivity contribution is -0.302. The van der Waals surface area contributed by atoms with E-state index >= 15 is 0 Å². The largest absolute Gasteiger partial charge is 0.496 e. The van der Waals surface area contributed by atoms with Gasteiger partial charge >= 0.3 is 12.4 Å². The minimum Gasteiger partial charge on any atom is -0.496 e. The molecule has 1 saturated heterocycles. The van der Waals surface area contributed by atoms with Crippen LogP contribution >= 0.6 is 0 Å². The molecule has 1 aromatic rings. The van der Waals surface area contributed by atoms with Crippen molar-refractivity contribution in [2.75, 3.05) is 13.7 Å². The number of methoxy groups -OCH3 is 1. The van der Waals surface area contributed by atoms with Crippen LogP contribution in [0.15, 0.2) is 24.3 Å². The Kier molecular flexibility index (Phi) is 5.88. The molecule has 2 N–H and O–H groups in total. The van der Waals surface area contributed by atoms with Crippen LogP contribution in [0.25, 0.3) is 0 Å². The van der Waals surface area contributed by atoms with E-state index in [9.17, 15) is 26.3 Å². The van der Waals surface area contributed by atoms with Crippen molar-refractivity contribution in [3.63, 3.8) is 0 Å². The molecule has 1 aliphatic rings. The highest BCUT2D eigenvalue weighted by Crippen LogP contribution is 2.46. The molecule has 0 bridgehead atoms. The van der Waals surface area contributed by atoms with Gasteiger partial charge < -0.3 is 4.74 Å². The van der Waals surface area contributed by atoms with E-state index in [0.717, 1.165) is 10.6 Å². The van der Waals surface area contributed by atoms with E-state index in [1.807, 2.05) is 0 Å². The van der Waals surface area contributed by atoms with Gasteiger partial charge in [0.15, 0.2) is 5.92 Å². The van der Waals surface area contributed by atoms with Crippen molar-refractivity contribution in [2.24, 2.45) is 17.7 Å². The lowest BCUT2D eigenvalue weighted by Gasteiger charge is -2.40. The van der Waals surface area contributed by atoms with Gasteiger partial charge in [0.2, 0.25) is 0 Å². The smallest absolute Gasteiger partial charge is 0.400 e. The summed E-state index contributed by atoms with van der Waals surface area (Å²) < 4.78 is 82.5. The van der Waals surface area contributed by atoms with Crippen molar-refractivity contribution in [1.82, 2.24) is 5.01 Å². The number of rotatable bonds is 4. The standard InChI is InChI=1S/C16H20F6N2O/c1-25-13-5-3-2-4-10(13)8-12-7-6-11(9-24(12)23)14(15(17,18)19)16(20,21)22/h2-5,11-12,14H,6-9,23H2,1H3. The van der Waals surface area contributed by atoms with Crippen LogP contribution in [-0.2, 0) is 6.42 Å². The zero-order valence-corrected chi connectivity index (χ0v) is 13.6. The van der Waals surface area contributed by atoms with Crippen LogP contribution < -0.4 is 10.6 Å². The van der Waals surface area contributed by atoms with Gasteiger partial charge in [0.05, 0.1) is 7.11 Å². The second kappa shape index (κ2) is 7.41. The van der Waals surface area contributed by atoms with E-state index in [4.69, 9.17) is 10.6 Å². The fourth-order valence-corrected chi connectivity index (χ4v) is 3.42. The number of nitrogens with two attached hydrogens (primary N) is 1. The fourth-order valence-electron chi connectivity index (χ4n) is 3.42. The Labute approximate surface area is 141 Å². The van der Waals surface area contributed by atoms with E-state index < -0.39 is 30.7 Å². The highest BCUT2D eigenvalue weighted by atomic mass is 19.4. The van der Waals surface area contributed by atoms with Crippen LogP contribution in [0.4, 0.5) is 26.3 Å². The Morgan fingerprint density at radius 1 is 1.12 bits per heavy atom. The average Bonchev–Trinajstić information content (AvgIpc) is 2.47. The number of para-hydroxylation sites is 1. The molecule has 2 atom stereocenters. The van der Waals surface area contributed by atoms with Crippen molar-refractivity contribution >= 4 is 0 Å². The van der Waals surface area contributed by atoms with Gasteiger partial charge in [-0.05, 0) is 36.8 Å². The number of hydrazine groups is 1. The molecule has 0 aliphatic carbocycles. The summed E-state index contributed by atoms with van der Waals surface area (Å²) in [7, 11) is 1.49. The summed E-state index contributed by atoms with van der Waals surface area (Å²) in [5.41, 5.74) is 0.812. The molecule has 2 unspecified atom stereocenters. The first-order valence-corrected chi connectivity index (χ1v) is 7.80. The Bertz CT molecular complexity index is 560. The first-order chi connectivity index (χ1) is 11.5. The van der Waals surface area contributed by atoms with Crippen LogP contribution in [0.2, 0.25) is 0 Å². The lowest BCUT2D eigenvalue weighted by atomic mass is 9.81. The lowest BCUT2D eigenvalue weighted by Crippen LogP contribution is -2.54. The monoisotopic (exact) mass is 370 g/mol. The molecule has 25 heavy (non-hydrogen) atoms. The predicted molar refractivity (Wildman–Crippen MR) is 79.7 cm³/mol. The number of hydrogen-bond acceptors (Lipinski definition) is 3. The summed E-state index contributed by atoms with van der Waals surface area (Å²) in [6.07, 6.45) is -10.3. The van der Waals surface area contributed by atoms with Crippen LogP contribution in [0.3, 0.4) is 0 Å². The van der Waals surface area contributed by atoms with Gasteiger partial charge in [-0.3, -0.25) is 5.84 Å². The minimum absolute atomic E-state index is 0.155. The molecule has 3 nitrogen and oxygen atoms in total. The van der Waals surface area contributed by atoms with E-state index in [0.29, 0.717) is 12.2 Å². The number of ether oxygens (including phenoxy) is 1. The number of piperidine rings is 1. The molecule has 9 heteroatoms. The Morgan fingerprint density at radius 3 is 2.24 bits per heavy atom. The maximum Gasteiger partial charge on any atom is 0.400 e. The second-order valence-electron chi connectivity index (χ2n) is 6.26. The van der Waals surface area contributed by atoms with Crippen molar-refractivity contribution in [3.05, 3.63) is 29.8 Å². The zero-order chi connectivity index (χ0) is 18.8. The minimum atomic E-state index is -5.33. The first kappa shape index (κ1) is 19.8. The molecule has 0 saturated carbocycles. The molecule has 1 aromatic carbocycles. The number of nitrogens with zero attached hydrogens (tertiary/aromatic N) is 1. The molecule has 0 spiro atoms. The highest BCUT2D eigenvalue weighted by molar-refractivity contribution is 5.33. The summed E-state index contributed by atoms with van der Waals surface area (Å²) in [5.74, 6) is 1.46. The molecule has 1 fully saturated rings. The number of alkyl halides is 6. The molecule has 2 rings (SSSR count). The Hall–Kier alpha value is -1.48. The van der Waals surface area contributed by atoms with Gasteiger partial charge in [-0.25, -0.2) is 5.01 Å². The van der Waals surface area contributed by atoms with E-state index in [-0.39, 0.29) is 18.9 Å². The van der Waals surface area contributed by atoms with Crippen molar-refractivity contribution < 1.29 is 31.1 Å². The predicted octanol–water partition coefficient (Wildman–Crippen LogP) is 3.93. The molecular formula is C16H20F6N2O. The number of hydrogen-bond donors (Lipinski definition) is 1. The molecule has 0 aromatic heterocycles. The molecular weight excluding hydrogens is 350 g/mol. The zero-order valence-electron chi connectivity index (χ0n) is 13.6. The Morgan fingerprint density at radius 2 is 1.72 bits per heavy atom. The number of benzene rings is 1. The van der Waals surface area contributed by atoms with E-state index in [2.05, 4.69) is 0 Å². The quantitative estimate of drug-likeness (QED) is 0.645. The van der Waals surface area contributed by atoms with Crippen molar-refractivity contribution in [2.45, 2.75) is 37.7 Å². The summed E-state index contributed by atoms with van der Waals surface area (Å²) in [6, 6.07) is 6.76. The van der Waals surface area contributed by atoms with E-state index in [1.165, 1.54) is 7.11 Å². The topological polar surface area (TPSA) is 38.5 Å². The van der Waals surface area contributed by atoms with Crippen LogP contribution in [0.5, 0.6) is 5.75 Å². The van der Waals surface area contributed by atoms with Crippen molar-refractivity contribution in [3.8, 4) is 5.75 Å².